The van der Waals surface area contributed by atoms with Gasteiger partial charge < -0.3 is 5.73 Å². The van der Waals surface area contributed by atoms with Gasteiger partial charge in [-0.25, -0.2) is 9.97 Å². The van der Waals surface area contributed by atoms with Crippen molar-refractivity contribution in [1.29, 1.82) is 0 Å². The monoisotopic (exact) mass is 255 g/mol. The van der Waals surface area contributed by atoms with E-state index in [9.17, 15) is 0 Å². The van der Waals surface area contributed by atoms with Crippen molar-refractivity contribution in [3.63, 3.8) is 0 Å². The third-order valence-electron chi connectivity index (χ3n) is 3.32. The van der Waals surface area contributed by atoms with Crippen LogP contribution in [0.4, 0.5) is 5.95 Å². The lowest BCUT2D eigenvalue weighted by Gasteiger charge is -2.02. The Hall–Kier alpha value is -2.17. The molecule has 19 heavy (non-hydrogen) atoms. The summed E-state index contributed by atoms with van der Waals surface area (Å²) in [4.78, 5) is 8.84. The maximum Gasteiger partial charge on any atom is 0.223 e. The predicted octanol–water partition coefficient (Wildman–Crippen LogP) is 2.39. The van der Waals surface area contributed by atoms with Crippen molar-refractivity contribution in [2.45, 2.75) is 32.6 Å². The van der Waals surface area contributed by atoms with Crippen LogP contribution < -0.4 is 5.73 Å². The first-order valence-corrected chi connectivity index (χ1v) is 6.65. The molecule has 0 atom stereocenters. The highest BCUT2D eigenvalue weighted by molar-refractivity contribution is 5.68. The van der Waals surface area contributed by atoms with Gasteiger partial charge in [0.2, 0.25) is 5.95 Å². The molecule has 2 aromatic rings. The summed E-state index contributed by atoms with van der Waals surface area (Å²) in [7, 11) is 0. The summed E-state index contributed by atoms with van der Waals surface area (Å²) in [6, 6.07) is 0. The molecule has 98 valence electrons. The molecule has 1 aliphatic carbocycles. The smallest absolute Gasteiger partial charge is 0.223 e. The van der Waals surface area contributed by atoms with Crippen molar-refractivity contribution >= 4 is 17.2 Å². The minimum atomic E-state index is 0.389. The zero-order chi connectivity index (χ0) is 13.2. The van der Waals surface area contributed by atoms with E-state index < -0.39 is 0 Å². The highest BCUT2D eigenvalue weighted by Gasteiger charge is 2.14. The van der Waals surface area contributed by atoms with Crippen LogP contribution in [0.3, 0.4) is 0 Å². The van der Waals surface area contributed by atoms with Gasteiger partial charge in [0.15, 0.2) is 11.5 Å². The van der Waals surface area contributed by atoms with Gasteiger partial charge in [-0.3, -0.25) is 0 Å². The second kappa shape index (κ2) is 4.84. The van der Waals surface area contributed by atoms with Gasteiger partial charge >= 0.3 is 0 Å². The number of nitrogen functional groups attached to an aromatic ring is 1. The molecule has 0 bridgehead atoms. The van der Waals surface area contributed by atoms with Gasteiger partial charge in [-0.2, -0.15) is 4.52 Å². The molecule has 0 radical (unpaired) electrons. The van der Waals surface area contributed by atoms with E-state index in [0.29, 0.717) is 5.95 Å². The number of anilines is 1. The van der Waals surface area contributed by atoms with Crippen LogP contribution >= 0.6 is 0 Å². The van der Waals surface area contributed by atoms with Crippen molar-refractivity contribution in [3.05, 3.63) is 35.8 Å². The van der Waals surface area contributed by atoms with E-state index in [4.69, 9.17) is 5.73 Å². The molecule has 0 aliphatic heterocycles. The lowest BCUT2D eigenvalue weighted by atomic mass is 10.1. The molecule has 0 amide bonds. The molecule has 3 rings (SSSR count). The number of aromatic nitrogens is 4. The molecular weight excluding hydrogens is 238 g/mol. The molecule has 5 heteroatoms. The number of hydrogen-bond acceptors (Lipinski definition) is 4. The Labute approximate surface area is 111 Å². The average Bonchev–Trinajstić information content (AvgIpc) is 3.07. The zero-order valence-electron chi connectivity index (χ0n) is 11.0. The maximum atomic E-state index is 5.88. The third-order valence-corrected chi connectivity index (χ3v) is 3.32. The van der Waals surface area contributed by atoms with Gasteiger partial charge in [0.05, 0.1) is 0 Å². The average molecular weight is 255 g/mol. The molecule has 0 aromatic carbocycles. The zero-order valence-corrected chi connectivity index (χ0v) is 11.0. The molecule has 0 unspecified atom stereocenters. The van der Waals surface area contributed by atoms with E-state index in [1.807, 2.05) is 18.3 Å². The van der Waals surface area contributed by atoms with E-state index in [2.05, 4.69) is 28.1 Å². The molecule has 1 aliphatic rings. The van der Waals surface area contributed by atoms with Crippen LogP contribution in [0.15, 0.2) is 24.4 Å². The van der Waals surface area contributed by atoms with Crippen LogP contribution in [0, 0.1) is 0 Å². The summed E-state index contributed by atoms with van der Waals surface area (Å²) in [6.45, 7) is 2.17. The standard InChI is InChI=1S/C14H17N5/c1-2-3-6-11-9-16-14(15)19-13(11)17-12(18-19)10-7-4-5-8-10/h4-5,7,9H,2-3,6,8H2,1H3,(H2,15,16). The van der Waals surface area contributed by atoms with Crippen molar-refractivity contribution in [2.24, 2.45) is 0 Å². The van der Waals surface area contributed by atoms with Gasteiger partial charge in [-0.1, -0.05) is 31.6 Å². The summed E-state index contributed by atoms with van der Waals surface area (Å²) in [5.41, 5.74) is 8.96. The Morgan fingerprint density at radius 1 is 1.42 bits per heavy atom. The molecule has 0 fully saturated rings. The number of hydrogen-bond donors (Lipinski definition) is 1. The first kappa shape index (κ1) is 11.9. The lowest BCUT2D eigenvalue weighted by Crippen LogP contribution is -2.04. The Morgan fingerprint density at radius 3 is 3.05 bits per heavy atom. The highest BCUT2D eigenvalue weighted by atomic mass is 15.3. The Morgan fingerprint density at radius 2 is 2.32 bits per heavy atom. The van der Waals surface area contributed by atoms with Crippen molar-refractivity contribution in [3.8, 4) is 0 Å². The molecule has 2 aromatic heterocycles. The molecule has 0 saturated carbocycles. The first-order valence-electron chi connectivity index (χ1n) is 6.65. The topological polar surface area (TPSA) is 69.1 Å². The Bertz CT molecular complexity index is 666. The number of unbranched alkanes of at least 4 members (excludes halogenated alkanes) is 1. The largest absolute Gasteiger partial charge is 0.368 e. The minimum Gasteiger partial charge on any atom is -0.368 e. The number of rotatable bonds is 4. The van der Waals surface area contributed by atoms with Crippen LogP contribution in [-0.4, -0.2) is 19.6 Å². The van der Waals surface area contributed by atoms with Gasteiger partial charge in [-0.15, -0.1) is 5.10 Å². The van der Waals surface area contributed by atoms with Crippen LogP contribution in [0.25, 0.3) is 11.2 Å². The van der Waals surface area contributed by atoms with E-state index in [1.165, 1.54) is 0 Å². The van der Waals surface area contributed by atoms with Crippen molar-refractivity contribution in [1.82, 2.24) is 19.6 Å². The molecule has 2 heterocycles. The second-order valence-electron chi connectivity index (χ2n) is 4.74. The predicted molar refractivity (Wildman–Crippen MR) is 75.5 cm³/mol. The number of aryl methyl sites for hydroxylation is 1. The van der Waals surface area contributed by atoms with Crippen LogP contribution in [0.2, 0.25) is 0 Å². The molecule has 0 spiro atoms. The van der Waals surface area contributed by atoms with Gasteiger partial charge in [0.1, 0.15) is 0 Å². The van der Waals surface area contributed by atoms with E-state index in [-0.39, 0.29) is 0 Å². The molecule has 0 saturated heterocycles. The summed E-state index contributed by atoms with van der Waals surface area (Å²) in [6.07, 6.45) is 12.1. The SMILES string of the molecule is CCCCc1cnc(N)n2nc(C3=CC=CC3)nc12. The van der Waals surface area contributed by atoms with Crippen LogP contribution in [0.1, 0.15) is 37.6 Å². The van der Waals surface area contributed by atoms with Gasteiger partial charge in [-0.05, 0) is 19.3 Å². The molecule has 2 N–H and O–H groups in total. The lowest BCUT2D eigenvalue weighted by molar-refractivity contribution is 0.787. The highest BCUT2D eigenvalue weighted by Crippen LogP contribution is 2.22. The molecule has 5 nitrogen and oxygen atoms in total. The van der Waals surface area contributed by atoms with E-state index >= 15 is 0 Å². The molecular formula is C14H17N5. The van der Waals surface area contributed by atoms with E-state index in [0.717, 1.165) is 48.3 Å². The van der Waals surface area contributed by atoms with Crippen LogP contribution in [0.5, 0.6) is 0 Å². The number of nitrogens with two attached hydrogens (primary N) is 1. The van der Waals surface area contributed by atoms with E-state index in [1.54, 1.807) is 4.52 Å². The summed E-state index contributed by atoms with van der Waals surface area (Å²) in [5.74, 6) is 1.14. The maximum absolute atomic E-state index is 5.88. The fourth-order valence-electron chi connectivity index (χ4n) is 2.23. The van der Waals surface area contributed by atoms with Crippen LogP contribution in [-0.2, 0) is 6.42 Å². The minimum absolute atomic E-state index is 0.389. The second-order valence-corrected chi connectivity index (χ2v) is 4.74. The number of nitrogens with zero attached hydrogens (tertiary/aromatic N) is 4. The van der Waals surface area contributed by atoms with Crippen molar-refractivity contribution < 1.29 is 0 Å². The Balaban J connectivity index is 2.06. The quantitative estimate of drug-likeness (QED) is 0.910. The van der Waals surface area contributed by atoms with Crippen molar-refractivity contribution in [2.75, 3.05) is 5.73 Å². The summed E-state index contributed by atoms with van der Waals surface area (Å²) in [5, 5.41) is 4.47. The fraction of sp³-hybridized carbons (Fsp3) is 0.357. The summed E-state index contributed by atoms with van der Waals surface area (Å²) < 4.78 is 1.65. The first-order chi connectivity index (χ1) is 9.29. The summed E-state index contributed by atoms with van der Waals surface area (Å²) >= 11 is 0. The Kier molecular flexibility index (Phi) is 3.03. The number of allylic oxidation sites excluding steroid dienone is 4. The third kappa shape index (κ3) is 2.12. The normalized spacial score (nSPS) is 14.3. The van der Waals surface area contributed by atoms with Gasteiger partial charge in [0.25, 0.3) is 0 Å². The number of fused-ring (bicyclic) bond motifs is 1. The fourth-order valence-corrected chi connectivity index (χ4v) is 2.23. The van der Waals surface area contributed by atoms with Gasteiger partial charge in [0, 0.05) is 17.3 Å².